The number of nitrogens with zero attached hydrogens (tertiary/aromatic N) is 3. The Morgan fingerprint density at radius 1 is 1.06 bits per heavy atom. The zero-order valence-corrected chi connectivity index (χ0v) is 19.4. The molecule has 7 nitrogen and oxygen atoms in total. The number of halogens is 2. The Hall–Kier alpha value is -2.22. The van der Waals surface area contributed by atoms with Crippen LogP contribution >= 0.6 is 23.2 Å². The number of piperazine rings is 1. The van der Waals surface area contributed by atoms with Crippen LogP contribution in [-0.2, 0) is 17.8 Å². The molecule has 1 saturated heterocycles. The molecule has 0 spiro atoms. The van der Waals surface area contributed by atoms with Gasteiger partial charge in [0.1, 0.15) is 5.60 Å². The first-order valence-electron chi connectivity index (χ1n) is 10.1. The van der Waals surface area contributed by atoms with Crippen LogP contribution in [0.3, 0.4) is 0 Å². The van der Waals surface area contributed by atoms with Gasteiger partial charge < -0.3 is 19.3 Å². The van der Waals surface area contributed by atoms with Crippen LogP contribution in [0.5, 0.6) is 5.75 Å². The highest BCUT2D eigenvalue weighted by Crippen LogP contribution is 2.22. The van der Waals surface area contributed by atoms with Gasteiger partial charge >= 0.3 is 6.09 Å². The van der Waals surface area contributed by atoms with E-state index >= 15 is 0 Å². The summed E-state index contributed by atoms with van der Waals surface area (Å²) in [6.45, 7) is 8.45. The van der Waals surface area contributed by atoms with Crippen molar-refractivity contribution in [1.82, 2.24) is 14.4 Å². The minimum Gasteiger partial charge on any atom is -0.503 e. The third kappa shape index (κ3) is 6.15. The number of pyridine rings is 1. The standard InChI is InChI=1S/C22H27Cl2N3O4/c1-22(2,3)31-21(30)26-10-8-25(9-11-26)13-15-6-7-27(20(29)19(15)28)14-16-12-17(23)4-5-18(16)24/h4-7,12,28H,8-11,13-14H2,1-3H3. The van der Waals surface area contributed by atoms with Gasteiger partial charge in [-0.1, -0.05) is 23.2 Å². The van der Waals surface area contributed by atoms with E-state index < -0.39 is 11.2 Å². The van der Waals surface area contributed by atoms with Gasteiger partial charge in [0.2, 0.25) is 0 Å². The summed E-state index contributed by atoms with van der Waals surface area (Å²) < 4.78 is 6.81. The third-order valence-electron chi connectivity index (χ3n) is 4.99. The Morgan fingerprint density at radius 2 is 1.74 bits per heavy atom. The summed E-state index contributed by atoms with van der Waals surface area (Å²) in [6, 6.07) is 6.79. The van der Waals surface area contributed by atoms with Gasteiger partial charge in [0, 0.05) is 54.5 Å². The Balaban J connectivity index is 1.63. The topological polar surface area (TPSA) is 75.0 Å². The van der Waals surface area contributed by atoms with Gasteiger partial charge in [-0.25, -0.2) is 4.79 Å². The molecule has 1 amide bonds. The van der Waals surface area contributed by atoms with E-state index in [1.165, 1.54) is 4.57 Å². The molecule has 0 bridgehead atoms. The van der Waals surface area contributed by atoms with Crippen LogP contribution in [0.1, 0.15) is 31.9 Å². The van der Waals surface area contributed by atoms with Crippen molar-refractivity contribution < 1.29 is 14.6 Å². The lowest BCUT2D eigenvalue weighted by molar-refractivity contribution is 0.0138. The lowest BCUT2D eigenvalue weighted by atomic mass is 10.2. The number of aromatic nitrogens is 1. The highest BCUT2D eigenvalue weighted by Gasteiger charge is 2.26. The van der Waals surface area contributed by atoms with Crippen molar-refractivity contribution in [2.75, 3.05) is 26.2 Å². The van der Waals surface area contributed by atoms with Gasteiger partial charge in [0.15, 0.2) is 5.75 Å². The van der Waals surface area contributed by atoms with Crippen molar-refractivity contribution >= 4 is 29.3 Å². The van der Waals surface area contributed by atoms with E-state index in [0.717, 1.165) is 0 Å². The van der Waals surface area contributed by atoms with E-state index in [9.17, 15) is 14.7 Å². The molecule has 0 atom stereocenters. The van der Waals surface area contributed by atoms with Gasteiger partial charge in [-0.3, -0.25) is 9.69 Å². The minimum absolute atomic E-state index is 0.209. The van der Waals surface area contributed by atoms with Crippen molar-refractivity contribution in [2.45, 2.75) is 39.5 Å². The zero-order valence-electron chi connectivity index (χ0n) is 17.9. The summed E-state index contributed by atoms with van der Waals surface area (Å²) in [4.78, 5) is 28.6. The van der Waals surface area contributed by atoms with Gasteiger partial charge in [0.05, 0.1) is 6.54 Å². The Morgan fingerprint density at radius 3 is 2.39 bits per heavy atom. The molecule has 1 N–H and O–H groups in total. The predicted octanol–water partition coefficient (Wildman–Crippen LogP) is 3.96. The molecule has 3 rings (SSSR count). The molecule has 1 aliphatic rings. The Labute approximate surface area is 191 Å². The molecule has 0 aliphatic carbocycles. The van der Waals surface area contributed by atoms with Crippen LogP contribution in [0.2, 0.25) is 10.0 Å². The molecule has 9 heteroatoms. The number of carbonyl (C=O) groups is 1. The van der Waals surface area contributed by atoms with Gasteiger partial charge in [0.25, 0.3) is 5.56 Å². The second-order valence-electron chi connectivity index (χ2n) is 8.60. The van der Waals surface area contributed by atoms with Crippen LogP contribution < -0.4 is 5.56 Å². The number of carbonyl (C=O) groups excluding carboxylic acids is 1. The Kier molecular flexibility index (Phi) is 7.19. The van der Waals surface area contributed by atoms with E-state index in [-0.39, 0.29) is 18.4 Å². The maximum absolute atomic E-state index is 12.7. The van der Waals surface area contributed by atoms with E-state index in [0.29, 0.717) is 53.9 Å². The molecule has 31 heavy (non-hydrogen) atoms. The second-order valence-corrected chi connectivity index (χ2v) is 9.45. The van der Waals surface area contributed by atoms with Crippen molar-refractivity contribution in [3.63, 3.8) is 0 Å². The predicted molar refractivity (Wildman–Crippen MR) is 121 cm³/mol. The quantitative estimate of drug-likeness (QED) is 0.736. The summed E-state index contributed by atoms with van der Waals surface area (Å²) in [5.41, 5.74) is 0.228. The lowest BCUT2D eigenvalue weighted by Crippen LogP contribution is -2.49. The Bertz CT molecular complexity index is 1010. The first-order valence-corrected chi connectivity index (χ1v) is 10.8. The molecular weight excluding hydrogens is 441 g/mol. The van der Waals surface area contributed by atoms with E-state index in [4.69, 9.17) is 27.9 Å². The van der Waals surface area contributed by atoms with Crippen LogP contribution in [0.25, 0.3) is 0 Å². The van der Waals surface area contributed by atoms with Gasteiger partial charge in [-0.2, -0.15) is 0 Å². The average Bonchev–Trinajstić information content (AvgIpc) is 2.69. The number of hydrogen-bond acceptors (Lipinski definition) is 5. The van der Waals surface area contributed by atoms with Crippen molar-refractivity contribution in [2.24, 2.45) is 0 Å². The smallest absolute Gasteiger partial charge is 0.410 e. The SMILES string of the molecule is CC(C)(C)OC(=O)N1CCN(Cc2ccn(Cc3cc(Cl)ccc3Cl)c(=O)c2O)CC1. The fourth-order valence-electron chi connectivity index (χ4n) is 3.36. The molecule has 2 heterocycles. The normalized spacial score (nSPS) is 15.2. The monoisotopic (exact) mass is 467 g/mol. The number of amides is 1. The molecule has 0 radical (unpaired) electrons. The zero-order chi connectivity index (χ0) is 22.8. The average molecular weight is 468 g/mol. The summed E-state index contributed by atoms with van der Waals surface area (Å²) in [5.74, 6) is -0.282. The van der Waals surface area contributed by atoms with E-state index in [1.807, 2.05) is 20.8 Å². The summed E-state index contributed by atoms with van der Waals surface area (Å²) >= 11 is 12.2. The molecule has 0 saturated carbocycles. The number of benzene rings is 1. The highest BCUT2D eigenvalue weighted by molar-refractivity contribution is 6.33. The summed E-state index contributed by atoms with van der Waals surface area (Å²) in [6.07, 6.45) is 1.32. The molecule has 1 fully saturated rings. The van der Waals surface area contributed by atoms with Crippen molar-refractivity contribution in [1.29, 1.82) is 0 Å². The fraction of sp³-hybridized carbons (Fsp3) is 0.455. The molecule has 1 aromatic carbocycles. The van der Waals surface area contributed by atoms with E-state index in [2.05, 4.69) is 4.90 Å². The molecular formula is C22H27Cl2N3O4. The van der Waals surface area contributed by atoms with Crippen LogP contribution in [0.4, 0.5) is 4.79 Å². The first kappa shape index (κ1) is 23.4. The highest BCUT2D eigenvalue weighted by atomic mass is 35.5. The van der Waals surface area contributed by atoms with E-state index in [1.54, 1.807) is 35.4 Å². The largest absolute Gasteiger partial charge is 0.503 e. The third-order valence-corrected chi connectivity index (χ3v) is 5.59. The minimum atomic E-state index is -0.529. The van der Waals surface area contributed by atoms with Crippen LogP contribution in [-0.4, -0.2) is 57.3 Å². The van der Waals surface area contributed by atoms with Crippen LogP contribution in [0.15, 0.2) is 35.3 Å². The second kappa shape index (κ2) is 9.51. The number of hydrogen-bond donors (Lipinski definition) is 1. The summed E-state index contributed by atoms with van der Waals surface area (Å²) in [7, 11) is 0. The van der Waals surface area contributed by atoms with Crippen molar-refractivity contribution in [3.8, 4) is 5.75 Å². The van der Waals surface area contributed by atoms with Gasteiger partial charge in [-0.15, -0.1) is 0 Å². The number of rotatable bonds is 4. The maximum Gasteiger partial charge on any atom is 0.410 e. The molecule has 1 aliphatic heterocycles. The fourth-order valence-corrected chi connectivity index (χ4v) is 3.73. The maximum atomic E-state index is 12.7. The van der Waals surface area contributed by atoms with Crippen LogP contribution in [0, 0.1) is 0 Å². The lowest BCUT2D eigenvalue weighted by Gasteiger charge is -2.35. The first-order chi connectivity index (χ1) is 14.5. The molecule has 2 aromatic rings. The molecule has 1 aromatic heterocycles. The number of aromatic hydroxyl groups is 1. The van der Waals surface area contributed by atoms with Crippen molar-refractivity contribution in [3.05, 3.63) is 62.0 Å². The molecule has 0 unspecified atom stereocenters. The summed E-state index contributed by atoms with van der Waals surface area (Å²) in [5, 5.41) is 11.5. The van der Waals surface area contributed by atoms with Gasteiger partial charge in [-0.05, 0) is 50.6 Å². The number of ether oxygens (including phenoxy) is 1. The molecule has 168 valence electrons.